The van der Waals surface area contributed by atoms with E-state index in [1.807, 2.05) is 37.3 Å². The molecule has 0 heterocycles. The van der Waals surface area contributed by atoms with Crippen LogP contribution in [0, 0.1) is 5.92 Å². The van der Waals surface area contributed by atoms with E-state index in [2.05, 4.69) is 5.32 Å². The SMILES string of the molecule is C[C@H](CC(=O)[O-])CC(=O)N[C@@H](C)c1ccccc1. The van der Waals surface area contributed by atoms with Crippen molar-refractivity contribution >= 4 is 11.9 Å². The summed E-state index contributed by atoms with van der Waals surface area (Å²) < 4.78 is 0. The van der Waals surface area contributed by atoms with Crippen LogP contribution in [0.25, 0.3) is 0 Å². The van der Waals surface area contributed by atoms with Crippen molar-refractivity contribution in [1.29, 1.82) is 0 Å². The highest BCUT2D eigenvalue weighted by atomic mass is 16.4. The minimum absolute atomic E-state index is 0.0751. The van der Waals surface area contributed by atoms with E-state index in [1.165, 1.54) is 0 Å². The zero-order valence-corrected chi connectivity index (χ0v) is 10.7. The number of carboxylic acid groups (broad SMARTS) is 1. The maximum Gasteiger partial charge on any atom is 0.220 e. The lowest BCUT2D eigenvalue weighted by Crippen LogP contribution is -2.30. The van der Waals surface area contributed by atoms with Gasteiger partial charge in [0.25, 0.3) is 0 Å². The van der Waals surface area contributed by atoms with Crippen LogP contribution in [0.3, 0.4) is 0 Å². The topological polar surface area (TPSA) is 69.2 Å². The first-order valence-electron chi connectivity index (χ1n) is 6.03. The van der Waals surface area contributed by atoms with Crippen LogP contribution in [0.2, 0.25) is 0 Å². The smallest absolute Gasteiger partial charge is 0.220 e. The van der Waals surface area contributed by atoms with Crippen molar-refractivity contribution in [2.24, 2.45) is 5.92 Å². The Bertz CT molecular complexity index is 403. The first-order valence-corrected chi connectivity index (χ1v) is 6.03. The molecule has 0 saturated carbocycles. The van der Waals surface area contributed by atoms with Crippen molar-refractivity contribution in [3.63, 3.8) is 0 Å². The molecule has 0 aliphatic heterocycles. The minimum Gasteiger partial charge on any atom is -0.550 e. The van der Waals surface area contributed by atoms with Crippen LogP contribution in [0.5, 0.6) is 0 Å². The summed E-state index contributed by atoms with van der Waals surface area (Å²) in [5, 5.41) is 13.2. The summed E-state index contributed by atoms with van der Waals surface area (Å²) in [6.45, 7) is 3.62. The number of aliphatic carboxylic acids is 1. The fraction of sp³-hybridized carbons (Fsp3) is 0.429. The van der Waals surface area contributed by atoms with Crippen molar-refractivity contribution in [3.05, 3.63) is 35.9 Å². The molecule has 0 bridgehead atoms. The molecule has 0 radical (unpaired) electrons. The van der Waals surface area contributed by atoms with Gasteiger partial charge in [-0.2, -0.15) is 0 Å². The number of carboxylic acids is 1. The zero-order valence-electron chi connectivity index (χ0n) is 10.7. The van der Waals surface area contributed by atoms with Crippen molar-refractivity contribution in [2.45, 2.75) is 32.7 Å². The summed E-state index contributed by atoms with van der Waals surface area (Å²) >= 11 is 0. The molecule has 0 aliphatic rings. The first kappa shape index (κ1) is 14.2. The average molecular weight is 248 g/mol. The van der Waals surface area contributed by atoms with Crippen LogP contribution in [0.15, 0.2) is 30.3 Å². The van der Waals surface area contributed by atoms with Gasteiger partial charge in [-0.05, 0) is 24.8 Å². The Morgan fingerprint density at radius 1 is 1.17 bits per heavy atom. The van der Waals surface area contributed by atoms with Crippen molar-refractivity contribution < 1.29 is 14.7 Å². The molecule has 1 aromatic carbocycles. The highest BCUT2D eigenvalue weighted by Crippen LogP contribution is 2.13. The molecule has 1 N–H and O–H groups in total. The molecule has 4 nitrogen and oxygen atoms in total. The molecule has 0 saturated heterocycles. The van der Waals surface area contributed by atoms with Gasteiger partial charge in [-0.3, -0.25) is 4.79 Å². The number of nitrogens with one attached hydrogen (secondary N) is 1. The second kappa shape index (κ2) is 6.79. The maximum atomic E-state index is 11.7. The second-order valence-corrected chi connectivity index (χ2v) is 4.59. The summed E-state index contributed by atoms with van der Waals surface area (Å²) in [4.78, 5) is 22.1. The third kappa shape index (κ3) is 4.99. The summed E-state index contributed by atoms with van der Waals surface area (Å²) in [7, 11) is 0. The summed E-state index contributed by atoms with van der Waals surface area (Å²) in [5.74, 6) is -1.47. The molecule has 0 spiro atoms. The monoisotopic (exact) mass is 248 g/mol. The molecule has 4 heteroatoms. The van der Waals surface area contributed by atoms with E-state index in [0.717, 1.165) is 5.56 Å². The van der Waals surface area contributed by atoms with Gasteiger partial charge < -0.3 is 15.2 Å². The van der Waals surface area contributed by atoms with Crippen LogP contribution < -0.4 is 10.4 Å². The predicted octanol–water partition coefficient (Wildman–Crippen LogP) is 1.03. The molecular formula is C14H18NO3-. The van der Waals surface area contributed by atoms with Gasteiger partial charge in [-0.1, -0.05) is 37.3 Å². The van der Waals surface area contributed by atoms with Gasteiger partial charge in [0.2, 0.25) is 5.91 Å². The number of hydrogen-bond acceptors (Lipinski definition) is 3. The van der Waals surface area contributed by atoms with Gasteiger partial charge in [0.1, 0.15) is 0 Å². The largest absolute Gasteiger partial charge is 0.550 e. The normalized spacial score (nSPS) is 13.7. The quantitative estimate of drug-likeness (QED) is 0.817. The number of carbonyl (C=O) groups excluding carboxylic acids is 2. The minimum atomic E-state index is -1.12. The Hall–Kier alpha value is -1.84. The van der Waals surface area contributed by atoms with Gasteiger partial charge >= 0.3 is 0 Å². The molecule has 98 valence electrons. The lowest BCUT2D eigenvalue weighted by atomic mass is 10.0. The molecule has 0 aromatic heterocycles. The van der Waals surface area contributed by atoms with Gasteiger partial charge in [0.05, 0.1) is 6.04 Å². The molecule has 0 unspecified atom stereocenters. The number of rotatable bonds is 6. The van der Waals surface area contributed by atoms with Gasteiger partial charge in [-0.25, -0.2) is 0 Å². The van der Waals surface area contributed by atoms with Crippen LogP contribution in [0.4, 0.5) is 0 Å². The lowest BCUT2D eigenvalue weighted by Gasteiger charge is -2.16. The fourth-order valence-corrected chi connectivity index (χ4v) is 1.80. The Labute approximate surface area is 107 Å². The summed E-state index contributed by atoms with van der Waals surface area (Å²) in [5.41, 5.74) is 1.03. The van der Waals surface area contributed by atoms with Crippen molar-refractivity contribution in [1.82, 2.24) is 5.32 Å². The molecule has 1 rings (SSSR count). The van der Waals surface area contributed by atoms with E-state index in [0.29, 0.717) is 0 Å². The second-order valence-electron chi connectivity index (χ2n) is 4.59. The zero-order chi connectivity index (χ0) is 13.5. The van der Waals surface area contributed by atoms with Crippen LogP contribution in [-0.2, 0) is 9.59 Å². The van der Waals surface area contributed by atoms with Crippen LogP contribution in [-0.4, -0.2) is 11.9 Å². The van der Waals surface area contributed by atoms with E-state index in [1.54, 1.807) is 6.92 Å². The van der Waals surface area contributed by atoms with Gasteiger partial charge in [0, 0.05) is 12.4 Å². The fourth-order valence-electron chi connectivity index (χ4n) is 1.80. The van der Waals surface area contributed by atoms with E-state index >= 15 is 0 Å². The Morgan fingerprint density at radius 2 is 1.78 bits per heavy atom. The number of benzene rings is 1. The Balaban J connectivity index is 2.43. The molecule has 2 atom stereocenters. The van der Waals surface area contributed by atoms with Crippen LogP contribution >= 0.6 is 0 Å². The van der Waals surface area contributed by atoms with E-state index in [-0.39, 0.29) is 30.7 Å². The predicted molar refractivity (Wildman–Crippen MR) is 66.4 cm³/mol. The number of amides is 1. The molecule has 1 aromatic rings. The van der Waals surface area contributed by atoms with Crippen molar-refractivity contribution in [3.8, 4) is 0 Å². The van der Waals surface area contributed by atoms with Crippen LogP contribution in [0.1, 0.15) is 38.3 Å². The van der Waals surface area contributed by atoms with Gasteiger partial charge in [0.15, 0.2) is 0 Å². The first-order chi connectivity index (χ1) is 8.49. The summed E-state index contributed by atoms with van der Waals surface area (Å²) in [6.07, 6.45) is 0.109. The standard InChI is InChI=1S/C14H19NO3/c1-10(9-14(17)18)8-13(16)15-11(2)12-6-4-3-5-7-12/h3-7,10-11H,8-9H2,1-2H3,(H,15,16)(H,17,18)/p-1/t10-,11-/m0/s1. The highest BCUT2D eigenvalue weighted by molar-refractivity contribution is 5.77. The van der Waals surface area contributed by atoms with Crippen molar-refractivity contribution in [2.75, 3.05) is 0 Å². The Morgan fingerprint density at radius 3 is 2.33 bits per heavy atom. The third-order valence-corrected chi connectivity index (χ3v) is 2.73. The number of hydrogen-bond donors (Lipinski definition) is 1. The van der Waals surface area contributed by atoms with Gasteiger partial charge in [-0.15, -0.1) is 0 Å². The molecule has 0 aliphatic carbocycles. The molecule has 0 fully saturated rings. The Kier molecular flexibility index (Phi) is 5.36. The average Bonchev–Trinajstić information content (AvgIpc) is 2.28. The number of carbonyl (C=O) groups is 2. The highest BCUT2D eigenvalue weighted by Gasteiger charge is 2.12. The molecule has 18 heavy (non-hydrogen) atoms. The maximum absolute atomic E-state index is 11.7. The lowest BCUT2D eigenvalue weighted by molar-refractivity contribution is -0.306. The summed E-state index contributed by atoms with van der Waals surface area (Å²) in [6, 6.07) is 9.55. The molecular weight excluding hydrogens is 230 g/mol. The van der Waals surface area contributed by atoms with E-state index in [9.17, 15) is 14.7 Å². The van der Waals surface area contributed by atoms with E-state index in [4.69, 9.17) is 0 Å². The van der Waals surface area contributed by atoms with E-state index < -0.39 is 5.97 Å². The molecule has 1 amide bonds. The third-order valence-electron chi connectivity index (χ3n) is 2.73.